The molecule has 0 bridgehead atoms. The number of fused-ring (bicyclic) bond motifs is 1. The van der Waals surface area contributed by atoms with Gasteiger partial charge in [0.2, 0.25) is 0 Å². The summed E-state index contributed by atoms with van der Waals surface area (Å²) in [5, 5.41) is 14.8. The van der Waals surface area contributed by atoms with Crippen molar-refractivity contribution in [1.82, 2.24) is 4.98 Å². The molecule has 0 fully saturated rings. The molecular weight excluding hydrogens is 314 g/mol. The van der Waals surface area contributed by atoms with Gasteiger partial charge in [0.05, 0.1) is 11.2 Å². The highest BCUT2D eigenvalue weighted by molar-refractivity contribution is 7.98. The van der Waals surface area contributed by atoms with E-state index in [0.29, 0.717) is 11.5 Å². The van der Waals surface area contributed by atoms with Crippen molar-refractivity contribution in [2.75, 3.05) is 11.6 Å². The lowest BCUT2D eigenvalue weighted by Gasteiger charge is -2.14. The van der Waals surface area contributed by atoms with Gasteiger partial charge in [-0.15, -0.1) is 11.8 Å². The molecule has 3 rings (SSSR count). The van der Waals surface area contributed by atoms with Crippen molar-refractivity contribution < 1.29 is 0 Å². The third-order valence-electron chi connectivity index (χ3n) is 4.01. The van der Waals surface area contributed by atoms with E-state index in [9.17, 15) is 5.26 Å². The van der Waals surface area contributed by atoms with Gasteiger partial charge in [0.15, 0.2) is 0 Å². The monoisotopic (exact) mass is 333 g/mol. The van der Waals surface area contributed by atoms with E-state index in [-0.39, 0.29) is 0 Å². The van der Waals surface area contributed by atoms with Crippen LogP contribution in [-0.2, 0) is 0 Å². The number of pyridine rings is 1. The number of thioether (sulfide) groups is 1. The normalized spacial score (nSPS) is 10.8. The van der Waals surface area contributed by atoms with Crippen molar-refractivity contribution in [3.8, 4) is 6.07 Å². The summed E-state index contributed by atoms with van der Waals surface area (Å²) in [5.41, 5.74) is 4.57. The SMILES string of the molecule is CSc1nc2ccccc2c(Nc2ccc(C(C)C)cc2)c1C#N. The second kappa shape index (κ2) is 6.94. The Hall–Kier alpha value is -2.51. The van der Waals surface area contributed by atoms with Gasteiger partial charge in [-0.2, -0.15) is 5.26 Å². The molecule has 120 valence electrons. The summed E-state index contributed by atoms with van der Waals surface area (Å²) in [7, 11) is 0. The maximum absolute atomic E-state index is 9.64. The van der Waals surface area contributed by atoms with Gasteiger partial charge in [0.1, 0.15) is 16.7 Å². The number of hydrogen-bond acceptors (Lipinski definition) is 4. The average Bonchev–Trinajstić information content (AvgIpc) is 2.61. The molecule has 1 heterocycles. The summed E-state index contributed by atoms with van der Waals surface area (Å²) in [4.78, 5) is 4.60. The average molecular weight is 333 g/mol. The third kappa shape index (κ3) is 3.08. The van der Waals surface area contributed by atoms with Gasteiger partial charge in [0, 0.05) is 11.1 Å². The quantitative estimate of drug-likeness (QED) is 0.623. The summed E-state index contributed by atoms with van der Waals surface area (Å²) in [6.45, 7) is 4.36. The maximum Gasteiger partial charge on any atom is 0.116 e. The molecule has 1 aromatic heterocycles. The molecule has 24 heavy (non-hydrogen) atoms. The van der Waals surface area contributed by atoms with Crippen LogP contribution < -0.4 is 5.32 Å². The van der Waals surface area contributed by atoms with Crippen LogP contribution in [-0.4, -0.2) is 11.2 Å². The molecule has 0 aliphatic carbocycles. The highest BCUT2D eigenvalue weighted by Crippen LogP contribution is 2.34. The minimum atomic E-state index is 0.499. The molecule has 2 aromatic carbocycles. The molecule has 0 amide bonds. The fourth-order valence-corrected chi connectivity index (χ4v) is 3.21. The predicted molar refractivity (Wildman–Crippen MR) is 102 cm³/mol. The number of rotatable bonds is 4. The van der Waals surface area contributed by atoms with E-state index in [1.54, 1.807) is 0 Å². The van der Waals surface area contributed by atoms with E-state index < -0.39 is 0 Å². The van der Waals surface area contributed by atoms with E-state index in [0.717, 1.165) is 27.3 Å². The molecule has 0 atom stereocenters. The Balaban J connectivity index is 2.12. The lowest BCUT2D eigenvalue weighted by molar-refractivity contribution is 0.867. The van der Waals surface area contributed by atoms with Gasteiger partial charge in [-0.05, 0) is 35.9 Å². The van der Waals surface area contributed by atoms with Crippen LogP contribution in [0.4, 0.5) is 11.4 Å². The van der Waals surface area contributed by atoms with Crippen LogP contribution in [0, 0.1) is 11.3 Å². The molecule has 0 unspecified atom stereocenters. The van der Waals surface area contributed by atoms with E-state index in [1.807, 2.05) is 30.5 Å². The fourth-order valence-electron chi connectivity index (χ4n) is 2.67. The van der Waals surface area contributed by atoms with Crippen molar-refractivity contribution in [3.05, 3.63) is 59.7 Å². The molecule has 4 heteroatoms. The van der Waals surface area contributed by atoms with Gasteiger partial charge >= 0.3 is 0 Å². The van der Waals surface area contributed by atoms with E-state index in [2.05, 4.69) is 54.5 Å². The number of hydrogen-bond donors (Lipinski definition) is 1. The Kier molecular flexibility index (Phi) is 4.73. The zero-order valence-corrected chi connectivity index (χ0v) is 14.8. The van der Waals surface area contributed by atoms with E-state index >= 15 is 0 Å². The van der Waals surface area contributed by atoms with Gasteiger partial charge in [0.25, 0.3) is 0 Å². The number of nitrogens with zero attached hydrogens (tertiary/aromatic N) is 2. The number of aromatic nitrogens is 1. The number of nitrogens with one attached hydrogen (secondary N) is 1. The highest BCUT2D eigenvalue weighted by atomic mass is 32.2. The molecule has 0 aliphatic rings. The maximum atomic E-state index is 9.64. The van der Waals surface area contributed by atoms with Crippen LogP contribution in [0.15, 0.2) is 53.6 Å². The minimum Gasteiger partial charge on any atom is -0.354 e. The Morgan fingerprint density at radius 2 is 1.79 bits per heavy atom. The molecule has 1 N–H and O–H groups in total. The first kappa shape index (κ1) is 16.4. The smallest absolute Gasteiger partial charge is 0.116 e. The first-order valence-corrected chi connectivity index (χ1v) is 9.10. The number of nitriles is 1. The van der Waals surface area contributed by atoms with Crippen LogP contribution >= 0.6 is 11.8 Å². The summed E-state index contributed by atoms with van der Waals surface area (Å²) in [6.07, 6.45) is 1.94. The first-order valence-electron chi connectivity index (χ1n) is 7.88. The van der Waals surface area contributed by atoms with Crippen molar-refractivity contribution in [3.63, 3.8) is 0 Å². The molecule has 3 aromatic rings. The molecule has 3 nitrogen and oxygen atoms in total. The summed E-state index contributed by atoms with van der Waals surface area (Å²) >= 11 is 1.49. The molecular formula is C20H19N3S. The number of para-hydroxylation sites is 1. The van der Waals surface area contributed by atoms with Crippen LogP contribution in [0.2, 0.25) is 0 Å². The first-order chi connectivity index (χ1) is 11.6. The lowest BCUT2D eigenvalue weighted by atomic mass is 10.0. The van der Waals surface area contributed by atoms with Crippen LogP contribution in [0.25, 0.3) is 10.9 Å². The van der Waals surface area contributed by atoms with Crippen molar-refractivity contribution in [2.45, 2.75) is 24.8 Å². The standard InChI is InChI=1S/C20H19N3S/c1-13(2)14-8-10-15(11-9-14)22-19-16-6-4-5-7-18(16)23-20(24-3)17(19)12-21/h4-11,13H,1-3H3,(H,22,23). The summed E-state index contributed by atoms with van der Waals surface area (Å²) < 4.78 is 0. The summed E-state index contributed by atoms with van der Waals surface area (Å²) in [6, 6.07) is 18.6. The largest absolute Gasteiger partial charge is 0.354 e. The third-order valence-corrected chi connectivity index (χ3v) is 4.69. The van der Waals surface area contributed by atoms with Crippen LogP contribution in [0.5, 0.6) is 0 Å². The van der Waals surface area contributed by atoms with Gasteiger partial charge in [-0.1, -0.05) is 44.2 Å². The molecule has 0 radical (unpaired) electrons. The van der Waals surface area contributed by atoms with Crippen LogP contribution in [0.1, 0.15) is 30.9 Å². The Bertz CT molecular complexity index is 909. The lowest BCUT2D eigenvalue weighted by Crippen LogP contribution is -1.99. The zero-order valence-electron chi connectivity index (χ0n) is 14.0. The van der Waals surface area contributed by atoms with Crippen LogP contribution in [0.3, 0.4) is 0 Å². The fraction of sp³-hybridized carbons (Fsp3) is 0.200. The topological polar surface area (TPSA) is 48.7 Å². The molecule has 0 saturated heterocycles. The molecule has 0 saturated carbocycles. The number of anilines is 2. The predicted octanol–water partition coefficient (Wildman–Crippen LogP) is 5.70. The van der Waals surface area contributed by atoms with E-state index in [1.165, 1.54) is 17.3 Å². The van der Waals surface area contributed by atoms with Gasteiger partial charge < -0.3 is 5.32 Å². The Labute approximate surface area is 146 Å². The number of benzene rings is 2. The second-order valence-electron chi connectivity index (χ2n) is 5.90. The van der Waals surface area contributed by atoms with E-state index in [4.69, 9.17) is 0 Å². The Morgan fingerprint density at radius 3 is 2.42 bits per heavy atom. The molecule has 0 spiro atoms. The van der Waals surface area contributed by atoms with Gasteiger partial charge in [-0.3, -0.25) is 0 Å². The van der Waals surface area contributed by atoms with Gasteiger partial charge in [-0.25, -0.2) is 4.98 Å². The second-order valence-corrected chi connectivity index (χ2v) is 6.70. The van der Waals surface area contributed by atoms with Crippen molar-refractivity contribution in [1.29, 1.82) is 5.26 Å². The zero-order chi connectivity index (χ0) is 17.1. The highest BCUT2D eigenvalue weighted by Gasteiger charge is 2.14. The molecule has 0 aliphatic heterocycles. The van der Waals surface area contributed by atoms with Crippen molar-refractivity contribution in [2.24, 2.45) is 0 Å². The minimum absolute atomic E-state index is 0.499. The van der Waals surface area contributed by atoms with Crippen molar-refractivity contribution >= 4 is 34.0 Å². The Morgan fingerprint density at radius 1 is 1.08 bits per heavy atom. The summed E-state index contributed by atoms with van der Waals surface area (Å²) in [5.74, 6) is 0.499.